The number of hydrogen-bond acceptors (Lipinski definition) is 5. The fraction of sp³-hybridized carbons (Fsp3) is 0.250. The second-order valence-corrected chi connectivity index (χ2v) is 5.23. The minimum Gasteiger partial charge on any atom is -0.508 e. The Hall–Kier alpha value is -2.60. The molecular formula is C16H17N3O3. The average Bonchev–Trinajstić information content (AvgIpc) is 3.20. The highest BCUT2D eigenvalue weighted by molar-refractivity contribution is 5.92. The van der Waals surface area contributed by atoms with Gasteiger partial charge in [0.1, 0.15) is 12.0 Å². The van der Waals surface area contributed by atoms with Crippen LogP contribution in [0, 0.1) is 0 Å². The zero-order valence-electron chi connectivity index (χ0n) is 12.0. The van der Waals surface area contributed by atoms with E-state index in [1.807, 2.05) is 12.2 Å². The summed E-state index contributed by atoms with van der Waals surface area (Å²) in [5.74, 6) is 0.390. The number of carbonyl (C=O) groups excluding carboxylic acids is 1. The molecule has 2 aromatic rings. The van der Waals surface area contributed by atoms with Gasteiger partial charge in [-0.1, -0.05) is 24.3 Å². The van der Waals surface area contributed by atoms with E-state index in [9.17, 15) is 9.90 Å². The molecular weight excluding hydrogens is 282 g/mol. The van der Waals surface area contributed by atoms with Gasteiger partial charge in [-0.2, -0.15) is 0 Å². The molecule has 1 aliphatic heterocycles. The molecule has 1 aliphatic rings. The third-order valence-electron chi connectivity index (χ3n) is 3.56. The molecule has 1 aromatic heterocycles. The highest BCUT2D eigenvalue weighted by Crippen LogP contribution is 2.18. The molecule has 0 fully saturated rings. The summed E-state index contributed by atoms with van der Waals surface area (Å²) in [5.41, 5.74) is 7.31. The number of hydrogen-bond donors (Lipinski definition) is 2. The molecule has 6 heteroatoms. The van der Waals surface area contributed by atoms with Crippen molar-refractivity contribution in [1.29, 1.82) is 0 Å². The van der Waals surface area contributed by atoms with E-state index in [0.717, 1.165) is 5.56 Å². The van der Waals surface area contributed by atoms with Gasteiger partial charge < -0.3 is 20.2 Å². The number of oxazole rings is 1. The summed E-state index contributed by atoms with van der Waals surface area (Å²) in [6.07, 6.45) is 5.75. The largest absolute Gasteiger partial charge is 0.508 e. The van der Waals surface area contributed by atoms with Crippen LogP contribution in [0.3, 0.4) is 0 Å². The molecule has 1 aromatic carbocycles. The molecule has 6 nitrogen and oxygen atoms in total. The molecule has 0 saturated carbocycles. The summed E-state index contributed by atoms with van der Waals surface area (Å²) in [4.78, 5) is 18.1. The van der Waals surface area contributed by atoms with Gasteiger partial charge in [0.25, 0.3) is 5.91 Å². The SMILES string of the molecule is NC(Cc1ccc(O)cc1)c1nc(C(=O)N2CC=CC2)co1. The van der Waals surface area contributed by atoms with Gasteiger partial charge >= 0.3 is 0 Å². The van der Waals surface area contributed by atoms with Gasteiger partial charge in [-0.15, -0.1) is 0 Å². The molecule has 22 heavy (non-hydrogen) atoms. The first-order valence-corrected chi connectivity index (χ1v) is 7.06. The minimum atomic E-state index is -0.442. The Balaban J connectivity index is 1.67. The Labute approximate surface area is 127 Å². The van der Waals surface area contributed by atoms with Gasteiger partial charge in [0, 0.05) is 13.1 Å². The first-order valence-electron chi connectivity index (χ1n) is 7.06. The van der Waals surface area contributed by atoms with Crippen molar-refractivity contribution < 1.29 is 14.3 Å². The smallest absolute Gasteiger partial charge is 0.276 e. The van der Waals surface area contributed by atoms with Crippen LogP contribution in [0.2, 0.25) is 0 Å². The normalized spacial score (nSPS) is 15.2. The zero-order chi connectivity index (χ0) is 15.5. The van der Waals surface area contributed by atoms with Crippen molar-refractivity contribution in [2.24, 2.45) is 5.73 Å². The van der Waals surface area contributed by atoms with E-state index in [1.165, 1.54) is 6.26 Å². The highest BCUT2D eigenvalue weighted by Gasteiger charge is 2.22. The van der Waals surface area contributed by atoms with Gasteiger partial charge in [-0.25, -0.2) is 4.98 Å². The fourth-order valence-corrected chi connectivity index (χ4v) is 2.34. The van der Waals surface area contributed by atoms with Crippen LogP contribution in [0.4, 0.5) is 0 Å². The second-order valence-electron chi connectivity index (χ2n) is 5.23. The first kappa shape index (κ1) is 14.3. The third kappa shape index (κ3) is 3.01. The average molecular weight is 299 g/mol. The van der Waals surface area contributed by atoms with Crippen LogP contribution in [-0.2, 0) is 6.42 Å². The van der Waals surface area contributed by atoms with E-state index in [-0.39, 0.29) is 17.4 Å². The number of nitrogens with two attached hydrogens (primary N) is 1. The molecule has 0 spiro atoms. The Morgan fingerprint density at radius 2 is 2.00 bits per heavy atom. The molecule has 0 bridgehead atoms. The predicted molar refractivity (Wildman–Crippen MR) is 80.3 cm³/mol. The lowest BCUT2D eigenvalue weighted by molar-refractivity contribution is 0.0794. The van der Waals surface area contributed by atoms with Crippen molar-refractivity contribution in [3.8, 4) is 5.75 Å². The van der Waals surface area contributed by atoms with Gasteiger partial charge in [-0.3, -0.25) is 4.79 Å². The van der Waals surface area contributed by atoms with E-state index < -0.39 is 6.04 Å². The number of phenols is 1. The Kier molecular flexibility index (Phi) is 3.93. The van der Waals surface area contributed by atoms with Gasteiger partial charge in [0.05, 0.1) is 6.04 Å². The topological polar surface area (TPSA) is 92.6 Å². The van der Waals surface area contributed by atoms with E-state index in [2.05, 4.69) is 4.98 Å². The van der Waals surface area contributed by atoms with Crippen molar-refractivity contribution in [3.63, 3.8) is 0 Å². The molecule has 0 saturated heterocycles. The van der Waals surface area contributed by atoms with Crippen LogP contribution >= 0.6 is 0 Å². The third-order valence-corrected chi connectivity index (χ3v) is 3.56. The first-order chi connectivity index (χ1) is 10.6. The Morgan fingerprint density at radius 1 is 1.32 bits per heavy atom. The summed E-state index contributed by atoms with van der Waals surface area (Å²) < 4.78 is 5.35. The quantitative estimate of drug-likeness (QED) is 0.837. The predicted octanol–water partition coefficient (Wildman–Crippen LogP) is 1.63. The van der Waals surface area contributed by atoms with Crippen molar-refractivity contribution in [2.75, 3.05) is 13.1 Å². The van der Waals surface area contributed by atoms with Crippen molar-refractivity contribution in [2.45, 2.75) is 12.5 Å². The van der Waals surface area contributed by atoms with Crippen LogP contribution in [0.15, 0.2) is 47.1 Å². The maximum atomic E-state index is 12.2. The number of carbonyl (C=O) groups is 1. The number of benzene rings is 1. The van der Waals surface area contributed by atoms with Crippen LogP contribution in [0.25, 0.3) is 0 Å². The molecule has 0 aliphatic carbocycles. The number of phenolic OH excluding ortho intramolecular Hbond substituents is 1. The molecule has 1 amide bonds. The van der Waals surface area contributed by atoms with Crippen LogP contribution in [0.1, 0.15) is 28.0 Å². The molecule has 3 N–H and O–H groups in total. The minimum absolute atomic E-state index is 0.156. The van der Waals surface area contributed by atoms with E-state index >= 15 is 0 Å². The number of rotatable bonds is 4. The van der Waals surface area contributed by atoms with Crippen molar-refractivity contribution in [1.82, 2.24) is 9.88 Å². The van der Waals surface area contributed by atoms with Gasteiger partial charge in [0.2, 0.25) is 5.89 Å². The van der Waals surface area contributed by atoms with Gasteiger partial charge in [0.15, 0.2) is 5.69 Å². The lowest BCUT2D eigenvalue weighted by atomic mass is 10.1. The molecule has 2 heterocycles. The lowest BCUT2D eigenvalue weighted by Crippen LogP contribution is -2.28. The summed E-state index contributed by atoms with van der Waals surface area (Å²) >= 11 is 0. The fourth-order valence-electron chi connectivity index (χ4n) is 2.34. The summed E-state index contributed by atoms with van der Waals surface area (Å²) in [5, 5.41) is 9.27. The van der Waals surface area contributed by atoms with E-state index in [0.29, 0.717) is 25.4 Å². The summed E-state index contributed by atoms with van der Waals surface area (Å²) in [6.45, 7) is 1.20. The number of aromatic nitrogens is 1. The monoisotopic (exact) mass is 299 g/mol. The highest BCUT2D eigenvalue weighted by atomic mass is 16.3. The molecule has 0 radical (unpaired) electrons. The van der Waals surface area contributed by atoms with E-state index in [1.54, 1.807) is 29.2 Å². The van der Waals surface area contributed by atoms with Crippen LogP contribution in [0.5, 0.6) is 5.75 Å². The van der Waals surface area contributed by atoms with Gasteiger partial charge in [-0.05, 0) is 24.1 Å². The number of amides is 1. The number of nitrogens with zero attached hydrogens (tertiary/aromatic N) is 2. The second kappa shape index (κ2) is 6.03. The molecule has 1 atom stereocenters. The van der Waals surface area contributed by atoms with Crippen molar-refractivity contribution in [3.05, 3.63) is 59.8 Å². The molecule has 1 unspecified atom stereocenters. The molecule has 3 rings (SSSR count). The number of aromatic hydroxyl groups is 1. The van der Waals surface area contributed by atoms with Crippen LogP contribution < -0.4 is 5.73 Å². The standard InChI is InChI=1S/C16H17N3O3/c17-13(9-11-3-5-12(20)6-4-11)15-18-14(10-22-15)16(21)19-7-1-2-8-19/h1-6,10,13,20H,7-9,17H2. The summed E-state index contributed by atoms with van der Waals surface area (Å²) in [6, 6.07) is 6.35. The molecule has 114 valence electrons. The summed E-state index contributed by atoms with van der Waals surface area (Å²) in [7, 11) is 0. The van der Waals surface area contributed by atoms with Crippen LogP contribution in [-0.4, -0.2) is 34.0 Å². The maximum absolute atomic E-state index is 12.2. The zero-order valence-corrected chi connectivity index (χ0v) is 12.0. The lowest BCUT2D eigenvalue weighted by Gasteiger charge is -2.12. The van der Waals surface area contributed by atoms with E-state index in [4.69, 9.17) is 10.2 Å². The maximum Gasteiger partial charge on any atom is 0.276 e. The Bertz CT molecular complexity index is 683. The Morgan fingerprint density at radius 3 is 2.68 bits per heavy atom. The van der Waals surface area contributed by atoms with Crippen molar-refractivity contribution >= 4 is 5.91 Å².